The zero-order chi connectivity index (χ0) is 15.7. The van der Waals surface area contributed by atoms with Gasteiger partial charge in [0.2, 0.25) is 0 Å². The predicted molar refractivity (Wildman–Crippen MR) is 83.5 cm³/mol. The summed E-state index contributed by atoms with van der Waals surface area (Å²) in [4.78, 5) is 13.6. The zero-order valence-corrected chi connectivity index (χ0v) is 12.9. The fourth-order valence-corrected chi connectivity index (χ4v) is 1.86. The van der Waals surface area contributed by atoms with E-state index in [1.807, 2.05) is 31.3 Å². The topological polar surface area (TPSA) is 73.8 Å². The average molecular weight is 295 g/mol. The number of nitrogens with one attached hydrogen (secondary N) is 2. The van der Waals surface area contributed by atoms with E-state index >= 15 is 0 Å². The van der Waals surface area contributed by atoms with Crippen molar-refractivity contribution in [1.82, 2.24) is 10.2 Å². The van der Waals surface area contributed by atoms with Crippen LogP contribution in [0.3, 0.4) is 0 Å². The second kappa shape index (κ2) is 9.33. The van der Waals surface area contributed by atoms with E-state index in [9.17, 15) is 4.79 Å². The Hall–Kier alpha value is -1.63. The highest BCUT2D eigenvalue weighted by atomic mass is 16.5. The van der Waals surface area contributed by atoms with Crippen molar-refractivity contribution < 1.29 is 14.6 Å². The zero-order valence-electron chi connectivity index (χ0n) is 12.9. The molecule has 0 saturated carbocycles. The molecular weight excluding hydrogens is 270 g/mol. The van der Waals surface area contributed by atoms with Gasteiger partial charge in [-0.05, 0) is 31.7 Å². The van der Waals surface area contributed by atoms with E-state index in [1.54, 1.807) is 7.11 Å². The number of ether oxygens (including phenoxy) is 1. The molecule has 0 aliphatic heterocycles. The number of nitrogens with zero attached hydrogens (tertiary/aromatic N) is 1. The van der Waals surface area contributed by atoms with E-state index < -0.39 is 0 Å². The number of carbonyl (C=O) groups excluding carboxylic acids is 1. The summed E-state index contributed by atoms with van der Waals surface area (Å²) in [7, 11) is 3.49. The molecule has 0 spiro atoms. The Morgan fingerprint density at radius 3 is 2.52 bits per heavy atom. The lowest BCUT2D eigenvalue weighted by atomic mass is 10.1. The van der Waals surface area contributed by atoms with Crippen LogP contribution in [0.5, 0.6) is 0 Å². The number of amides is 2. The molecule has 0 aliphatic rings. The van der Waals surface area contributed by atoms with Gasteiger partial charge in [0, 0.05) is 31.9 Å². The molecule has 0 saturated heterocycles. The number of methoxy groups -OCH3 is 1. The van der Waals surface area contributed by atoms with Crippen molar-refractivity contribution in [2.75, 3.05) is 45.8 Å². The molecule has 0 aliphatic carbocycles. The third-order valence-corrected chi connectivity index (χ3v) is 3.32. The van der Waals surface area contributed by atoms with Crippen molar-refractivity contribution in [1.29, 1.82) is 0 Å². The molecule has 0 fully saturated rings. The third kappa shape index (κ3) is 5.71. The Bertz CT molecular complexity index is 423. The van der Waals surface area contributed by atoms with Gasteiger partial charge < -0.3 is 25.4 Å². The van der Waals surface area contributed by atoms with Crippen LogP contribution in [-0.2, 0) is 4.74 Å². The van der Waals surface area contributed by atoms with Crippen molar-refractivity contribution in [3.05, 3.63) is 29.8 Å². The summed E-state index contributed by atoms with van der Waals surface area (Å²) in [5, 5.41) is 15.0. The summed E-state index contributed by atoms with van der Waals surface area (Å²) in [5.74, 6) is 0. The van der Waals surface area contributed by atoms with Gasteiger partial charge in [0.05, 0.1) is 13.2 Å². The highest BCUT2D eigenvalue weighted by Crippen LogP contribution is 2.15. The van der Waals surface area contributed by atoms with E-state index in [0.29, 0.717) is 13.2 Å². The summed E-state index contributed by atoms with van der Waals surface area (Å²) < 4.78 is 4.96. The smallest absolute Gasteiger partial charge is 0.321 e. The first-order valence-corrected chi connectivity index (χ1v) is 7.05. The maximum absolute atomic E-state index is 12.1. The normalized spacial score (nSPS) is 12.0. The lowest BCUT2D eigenvalue weighted by Crippen LogP contribution is -2.39. The minimum Gasteiger partial charge on any atom is -0.395 e. The van der Waals surface area contributed by atoms with E-state index in [4.69, 9.17) is 9.84 Å². The summed E-state index contributed by atoms with van der Waals surface area (Å²) in [6.45, 7) is 3.16. The van der Waals surface area contributed by atoms with Crippen LogP contribution in [0.25, 0.3) is 0 Å². The molecule has 6 nitrogen and oxygen atoms in total. The van der Waals surface area contributed by atoms with Gasteiger partial charge in [0.15, 0.2) is 0 Å². The van der Waals surface area contributed by atoms with Gasteiger partial charge >= 0.3 is 6.03 Å². The second-order valence-electron chi connectivity index (χ2n) is 4.77. The molecule has 118 valence electrons. The highest BCUT2D eigenvalue weighted by molar-refractivity contribution is 5.89. The highest BCUT2D eigenvalue weighted by Gasteiger charge is 2.12. The first kappa shape index (κ1) is 17.4. The third-order valence-electron chi connectivity index (χ3n) is 3.32. The molecule has 1 aromatic carbocycles. The molecule has 0 radical (unpaired) electrons. The van der Waals surface area contributed by atoms with Gasteiger partial charge in [-0.25, -0.2) is 4.79 Å². The number of hydrogen-bond donors (Lipinski definition) is 3. The predicted octanol–water partition coefficient (Wildman–Crippen LogP) is 1.44. The van der Waals surface area contributed by atoms with E-state index in [0.717, 1.165) is 11.3 Å². The van der Waals surface area contributed by atoms with Gasteiger partial charge in [-0.15, -0.1) is 0 Å². The molecule has 1 aromatic rings. The number of aliphatic hydroxyl groups is 1. The van der Waals surface area contributed by atoms with Crippen LogP contribution in [-0.4, -0.2) is 56.5 Å². The minimum absolute atomic E-state index is 0.0737. The molecule has 1 unspecified atom stereocenters. The van der Waals surface area contributed by atoms with Gasteiger partial charge in [0.25, 0.3) is 0 Å². The maximum atomic E-state index is 12.1. The largest absolute Gasteiger partial charge is 0.395 e. The summed E-state index contributed by atoms with van der Waals surface area (Å²) >= 11 is 0. The first-order chi connectivity index (χ1) is 10.1. The van der Waals surface area contributed by atoms with E-state index in [1.165, 1.54) is 4.90 Å². The fourth-order valence-electron chi connectivity index (χ4n) is 1.86. The number of benzene rings is 1. The summed E-state index contributed by atoms with van der Waals surface area (Å²) in [6.07, 6.45) is 0. The van der Waals surface area contributed by atoms with Crippen LogP contribution < -0.4 is 10.6 Å². The number of urea groups is 1. The SMILES string of the molecule is CNC(C)c1ccc(NC(=O)N(CCO)CCOC)cc1. The molecule has 3 N–H and O–H groups in total. The van der Waals surface area contributed by atoms with Crippen molar-refractivity contribution >= 4 is 11.7 Å². The van der Waals surface area contributed by atoms with Crippen molar-refractivity contribution in [3.63, 3.8) is 0 Å². The van der Waals surface area contributed by atoms with Crippen LogP contribution in [0.2, 0.25) is 0 Å². The molecule has 0 aromatic heterocycles. The van der Waals surface area contributed by atoms with Crippen molar-refractivity contribution in [2.24, 2.45) is 0 Å². The molecule has 0 heterocycles. The number of anilines is 1. The Morgan fingerprint density at radius 1 is 1.33 bits per heavy atom. The number of aliphatic hydroxyl groups excluding tert-OH is 1. The number of carbonyl (C=O) groups is 1. The van der Waals surface area contributed by atoms with Gasteiger partial charge in [-0.2, -0.15) is 0 Å². The van der Waals surface area contributed by atoms with E-state index in [-0.39, 0.29) is 25.2 Å². The molecule has 2 amide bonds. The standard InChI is InChI=1S/C15H25N3O3/c1-12(16-2)13-4-6-14(7-5-13)17-15(20)18(8-10-19)9-11-21-3/h4-7,12,16,19H,8-11H2,1-3H3,(H,17,20). The summed E-state index contributed by atoms with van der Waals surface area (Å²) in [6, 6.07) is 7.71. The van der Waals surface area contributed by atoms with Gasteiger partial charge in [-0.3, -0.25) is 0 Å². The van der Waals surface area contributed by atoms with Crippen LogP contribution in [0.15, 0.2) is 24.3 Å². The van der Waals surface area contributed by atoms with Crippen LogP contribution in [0.4, 0.5) is 10.5 Å². The van der Waals surface area contributed by atoms with Crippen LogP contribution in [0, 0.1) is 0 Å². The molecule has 21 heavy (non-hydrogen) atoms. The van der Waals surface area contributed by atoms with Crippen LogP contribution >= 0.6 is 0 Å². The number of rotatable bonds is 8. The molecule has 6 heteroatoms. The van der Waals surface area contributed by atoms with Crippen LogP contribution in [0.1, 0.15) is 18.5 Å². The Morgan fingerprint density at radius 2 is 2.00 bits per heavy atom. The monoisotopic (exact) mass is 295 g/mol. The maximum Gasteiger partial charge on any atom is 0.321 e. The Balaban J connectivity index is 2.63. The van der Waals surface area contributed by atoms with Gasteiger partial charge in [0.1, 0.15) is 0 Å². The molecular formula is C15H25N3O3. The molecule has 0 bridgehead atoms. The fraction of sp³-hybridized carbons (Fsp3) is 0.533. The molecule has 1 rings (SSSR count). The van der Waals surface area contributed by atoms with Crippen molar-refractivity contribution in [2.45, 2.75) is 13.0 Å². The lowest BCUT2D eigenvalue weighted by Gasteiger charge is -2.22. The quantitative estimate of drug-likeness (QED) is 0.678. The minimum atomic E-state index is -0.240. The average Bonchev–Trinajstić information content (AvgIpc) is 2.51. The van der Waals surface area contributed by atoms with E-state index in [2.05, 4.69) is 17.6 Å². The van der Waals surface area contributed by atoms with Gasteiger partial charge in [-0.1, -0.05) is 12.1 Å². The first-order valence-electron chi connectivity index (χ1n) is 7.05. The van der Waals surface area contributed by atoms with Crippen molar-refractivity contribution in [3.8, 4) is 0 Å². The Labute approximate surface area is 126 Å². The second-order valence-corrected chi connectivity index (χ2v) is 4.77. The molecule has 1 atom stereocenters. The Kier molecular flexibility index (Phi) is 7.74. The summed E-state index contributed by atoms with van der Waals surface area (Å²) in [5.41, 5.74) is 1.88. The number of hydrogen-bond acceptors (Lipinski definition) is 4. The lowest BCUT2D eigenvalue weighted by molar-refractivity contribution is 0.142.